The minimum atomic E-state index is 0.421. The Labute approximate surface area is 87.8 Å². The van der Waals surface area contributed by atoms with Crippen molar-refractivity contribution >= 4 is 0 Å². The van der Waals surface area contributed by atoms with Crippen LogP contribution in [0, 0.1) is 5.92 Å². The van der Waals surface area contributed by atoms with Gasteiger partial charge in [0.25, 0.3) is 0 Å². The van der Waals surface area contributed by atoms with E-state index in [2.05, 4.69) is 11.8 Å². The molecule has 0 amide bonds. The summed E-state index contributed by atoms with van der Waals surface area (Å²) in [4.78, 5) is 2.69. The van der Waals surface area contributed by atoms with Crippen molar-refractivity contribution in [1.82, 2.24) is 4.90 Å². The van der Waals surface area contributed by atoms with Gasteiger partial charge in [0, 0.05) is 12.1 Å². The average molecular weight is 196 g/mol. The highest BCUT2D eigenvalue weighted by atomic mass is 15.2. The van der Waals surface area contributed by atoms with E-state index >= 15 is 0 Å². The maximum Gasteiger partial charge on any atom is 0.0331 e. The molecular weight excluding hydrogens is 172 g/mol. The van der Waals surface area contributed by atoms with Crippen LogP contribution in [0.2, 0.25) is 0 Å². The molecule has 2 aliphatic rings. The molecule has 0 aromatic heterocycles. The van der Waals surface area contributed by atoms with Crippen LogP contribution in [0.4, 0.5) is 0 Å². The SMILES string of the molecule is CC1CCCN(C2(CN)CCC2)CC1. The van der Waals surface area contributed by atoms with Gasteiger partial charge in [0.15, 0.2) is 0 Å². The number of nitrogens with zero attached hydrogens (tertiary/aromatic N) is 1. The molecule has 1 aliphatic carbocycles. The normalized spacial score (nSPS) is 33.4. The minimum absolute atomic E-state index is 0.421. The lowest BCUT2D eigenvalue weighted by Crippen LogP contribution is -2.58. The Morgan fingerprint density at radius 1 is 1.21 bits per heavy atom. The van der Waals surface area contributed by atoms with Crippen molar-refractivity contribution in [3.05, 3.63) is 0 Å². The van der Waals surface area contributed by atoms with Gasteiger partial charge in [-0.3, -0.25) is 4.90 Å². The van der Waals surface area contributed by atoms with Crippen molar-refractivity contribution in [2.24, 2.45) is 11.7 Å². The summed E-state index contributed by atoms with van der Waals surface area (Å²) in [5, 5.41) is 0. The largest absolute Gasteiger partial charge is 0.329 e. The molecule has 0 bridgehead atoms. The third-order valence-corrected chi connectivity index (χ3v) is 4.35. The second-order valence-corrected chi connectivity index (χ2v) is 5.31. The topological polar surface area (TPSA) is 29.3 Å². The lowest BCUT2D eigenvalue weighted by molar-refractivity contribution is 0.0256. The van der Waals surface area contributed by atoms with Crippen LogP contribution in [0.1, 0.15) is 45.4 Å². The van der Waals surface area contributed by atoms with Gasteiger partial charge in [-0.05, 0) is 57.5 Å². The summed E-state index contributed by atoms with van der Waals surface area (Å²) in [7, 11) is 0. The Morgan fingerprint density at radius 3 is 2.57 bits per heavy atom. The Balaban J connectivity index is 1.95. The maximum atomic E-state index is 5.94. The summed E-state index contributed by atoms with van der Waals surface area (Å²) in [5.41, 5.74) is 6.36. The number of hydrogen-bond donors (Lipinski definition) is 1. The van der Waals surface area contributed by atoms with Crippen molar-refractivity contribution in [3.63, 3.8) is 0 Å². The van der Waals surface area contributed by atoms with E-state index in [0.29, 0.717) is 5.54 Å². The van der Waals surface area contributed by atoms with Gasteiger partial charge in [-0.15, -0.1) is 0 Å². The number of hydrogen-bond acceptors (Lipinski definition) is 2. The summed E-state index contributed by atoms with van der Waals surface area (Å²) in [6, 6.07) is 0. The Hall–Kier alpha value is -0.0800. The van der Waals surface area contributed by atoms with Crippen LogP contribution in [0.25, 0.3) is 0 Å². The van der Waals surface area contributed by atoms with Crippen LogP contribution >= 0.6 is 0 Å². The van der Waals surface area contributed by atoms with Crippen molar-refractivity contribution < 1.29 is 0 Å². The fourth-order valence-corrected chi connectivity index (χ4v) is 2.97. The summed E-state index contributed by atoms with van der Waals surface area (Å²) in [6.45, 7) is 5.85. The van der Waals surface area contributed by atoms with Crippen molar-refractivity contribution in [2.45, 2.75) is 51.0 Å². The van der Waals surface area contributed by atoms with Gasteiger partial charge in [-0.25, -0.2) is 0 Å². The van der Waals surface area contributed by atoms with Gasteiger partial charge >= 0.3 is 0 Å². The summed E-state index contributed by atoms with van der Waals surface area (Å²) in [5.74, 6) is 0.926. The van der Waals surface area contributed by atoms with Crippen LogP contribution in [0.5, 0.6) is 0 Å². The molecule has 1 saturated heterocycles. The molecular formula is C12H24N2. The molecule has 1 heterocycles. The minimum Gasteiger partial charge on any atom is -0.329 e. The highest BCUT2D eigenvalue weighted by Crippen LogP contribution is 2.38. The maximum absolute atomic E-state index is 5.94. The van der Waals surface area contributed by atoms with Crippen molar-refractivity contribution in [2.75, 3.05) is 19.6 Å². The first-order chi connectivity index (χ1) is 6.77. The van der Waals surface area contributed by atoms with E-state index in [1.54, 1.807) is 0 Å². The molecule has 2 rings (SSSR count). The molecule has 1 atom stereocenters. The molecule has 2 N–H and O–H groups in total. The molecule has 1 unspecified atom stereocenters. The quantitative estimate of drug-likeness (QED) is 0.732. The molecule has 1 saturated carbocycles. The molecule has 0 spiro atoms. The second-order valence-electron chi connectivity index (χ2n) is 5.31. The smallest absolute Gasteiger partial charge is 0.0331 e. The third kappa shape index (κ3) is 1.82. The molecule has 0 aromatic rings. The highest BCUT2D eigenvalue weighted by Gasteiger charge is 2.41. The fraction of sp³-hybridized carbons (Fsp3) is 1.00. The zero-order valence-electron chi connectivity index (χ0n) is 9.47. The van der Waals surface area contributed by atoms with E-state index in [-0.39, 0.29) is 0 Å². The molecule has 0 aromatic carbocycles. The van der Waals surface area contributed by atoms with Crippen LogP contribution in [-0.2, 0) is 0 Å². The van der Waals surface area contributed by atoms with Crippen molar-refractivity contribution in [3.8, 4) is 0 Å². The van der Waals surface area contributed by atoms with Crippen LogP contribution < -0.4 is 5.73 Å². The van der Waals surface area contributed by atoms with Gasteiger partial charge < -0.3 is 5.73 Å². The van der Waals surface area contributed by atoms with Gasteiger partial charge in [0.2, 0.25) is 0 Å². The van der Waals surface area contributed by atoms with Crippen LogP contribution in [0.15, 0.2) is 0 Å². The highest BCUT2D eigenvalue weighted by molar-refractivity contribution is 4.99. The zero-order valence-corrected chi connectivity index (χ0v) is 9.47. The fourth-order valence-electron chi connectivity index (χ4n) is 2.97. The first-order valence-corrected chi connectivity index (χ1v) is 6.22. The number of likely N-dealkylation sites (tertiary alicyclic amines) is 1. The van der Waals surface area contributed by atoms with E-state index in [0.717, 1.165) is 12.5 Å². The van der Waals surface area contributed by atoms with Gasteiger partial charge in [-0.2, -0.15) is 0 Å². The van der Waals surface area contributed by atoms with Crippen molar-refractivity contribution in [1.29, 1.82) is 0 Å². The number of nitrogens with two attached hydrogens (primary N) is 1. The molecule has 2 nitrogen and oxygen atoms in total. The van der Waals surface area contributed by atoms with E-state index in [4.69, 9.17) is 5.73 Å². The molecule has 1 aliphatic heterocycles. The average Bonchev–Trinajstić information content (AvgIpc) is 2.31. The predicted octanol–water partition coefficient (Wildman–Crippen LogP) is 1.99. The Bertz CT molecular complexity index is 181. The van der Waals surface area contributed by atoms with E-state index in [1.165, 1.54) is 51.6 Å². The van der Waals surface area contributed by atoms with Gasteiger partial charge in [0.1, 0.15) is 0 Å². The molecule has 82 valence electrons. The predicted molar refractivity (Wildman–Crippen MR) is 60.2 cm³/mol. The number of rotatable bonds is 2. The lowest BCUT2D eigenvalue weighted by Gasteiger charge is -2.49. The molecule has 2 heteroatoms. The zero-order chi connectivity index (χ0) is 10.0. The molecule has 14 heavy (non-hydrogen) atoms. The Kier molecular flexibility index (Phi) is 3.13. The van der Waals surface area contributed by atoms with E-state index in [9.17, 15) is 0 Å². The van der Waals surface area contributed by atoms with Gasteiger partial charge in [0.05, 0.1) is 0 Å². The molecule has 2 fully saturated rings. The summed E-state index contributed by atoms with van der Waals surface area (Å²) >= 11 is 0. The first-order valence-electron chi connectivity index (χ1n) is 6.22. The van der Waals surface area contributed by atoms with E-state index < -0.39 is 0 Å². The monoisotopic (exact) mass is 196 g/mol. The summed E-state index contributed by atoms with van der Waals surface area (Å²) < 4.78 is 0. The van der Waals surface area contributed by atoms with Crippen LogP contribution in [-0.4, -0.2) is 30.1 Å². The van der Waals surface area contributed by atoms with Gasteiger partial charge in [-0.1, -0.05) is 6.92 Å². The molecule has 0 radical (unpaired) electrons. The second kappa shape index (κ2) is 4.19. The Morgan fingerprint density at radius 2 is 2.00 bits per heavy atom. The van der Waals surface area contributed by atoms with Crippen LogP contribution in [0.3, 0.4) is 0 Å². The van der Waals surface area contributed by atoms with E-state index in [1.807, 2.05) is 0 Å². The lowest BCUT2D eigenvalue weighted by atomic mass is 9.75. The first kappa shape index (κ1) is 10.4. The summed E-state index contributed by atoms with van der Waals surface area (Å²) in [6.07, 6.45) is 8.25. The third-order valence-electron chi connectivity index (χ3n) is 4.35. The standard InChI is InChI=1S/C12H24N2/c1-11-4-2-8-14(9-5-11)12(10-13)6-3-7-12/h11H,2-10,13H2,1H3.